The topological polar surface area (TPSA) is 47.0 Å². The molecule has 1 aromatic heterocycles. The fourth-order valence-electron chi connectivity index (χ4n) is 1.27. The van der Waals surface area contributed by atoms with Crippen LogP contribution in [-0.2, 0) is 6.61 Å². The predicted molar refractivity (Wildman–Crippen MR) is 64.8 cm³/mol. The number of ether oxygens (including phenoxy) is 1. The predicted octanol–water partition coefficient (Wildman–Crippen LogP) is 2.83. The summed E-state index contributed by atoms with van der Waals surface area (Å²) in [4.78, 5) is 0. The summed E-state index contributed by atoms with van der Waals surface area (Å²) >= 11 is 1.33. The molecule has 0 unspecified atom stereocenters. The molecule has 96 valence electrons. The second kappa shape index (κ2) is 5.72. The van der Waals surface area contributed by atoms with E-state index >= 15 is 0 Å². The molecule has 0 saturated carbocycles. The second-order valence-electron chi connectivity index (χ2n) is 3.39. The number of nitrogens with zero attached hydrogens (tertiary/aromatic N) is 2. The Morgan fingerprint density at radius 2 is 2.17 bits per heavy atom. The maximum atomic E-state index is 13.3. The Morgan fingerprint density at radius 1 is 1.33 bits per heavy atom. The van der Waals surface area contributed by atoms with E-state index in [-0.39, 0.29) is 12.4 Å². The number of halogens is 2. The number of anilines is 1. The van der Waals surface area contributed by atoms with Crippen LogP contribution in [0.1, 0.15) is 11.9 Å². The van der Waals surface area contributed by atoms with Crippen molar-refractivity contribution in [3.05, 3.63) is 34.8 Å². The van der Waals surface area contributed by atoms with Crippen LogP contribution < -0.4 is 10.1 Å². The molecule has 1 heterocycles. The Hall–Kier alpha value is -1.76. The van der Waals surface area contributed by atoms with Gasteiger partial charge in [-0.3, -0.25) is 0 Å². The highest BCUT2D eigenvalue weighted by atomic mass is 32.1. The molecule has 2 aromatic rings. The molecule has 18 heavy (non-hydrogen) atoms. The van der Waals surface area contributed by atoms with E-state index in [1.165, 1.54) is 17.4 Å². The van der Waals surface area contributed by atoms with Crippen molar-refractivity contribution in [3.8, 4) is 5.75 Å². The third-order valence-electron chi connectivity index (χ3n) is 2.04. The Balaban J connectivity index is 1.97. The fraction of sp³-hybridized carbons (Fsp3) is 0.273. The first-order valence-electron chi connectivity index (χ1n) is 5.33. The lowest BCUT2D eigenvalue weighted by molar-refractivity contribution is 0.288. The van der Waals surface area contributed by atoms with Gasteiger partial charge in [0.15, 0.2) is 16.6 Å². The van der Waals surface area contributed by atoms with Gasteiger partial charge in [0.05, 0.1) is 0 Å². The van der Waals surface area contributed by atoms with E-state index in [2.05, 4.69) is 15.5 Å². The Bertz CT molecular complexity index is 533. The molecule has 0 bridgehead atoms. The average Bonchev–Trinajstić information content (AvgIpc) is 2.76. The van der Waals surface area contributed by atoms with E-state index in [0.29, 0.717) is 10.1 Å². The molecule has 2 rings (SSSR count). The molecule has 0 aliphatic rings. The number of hydrogen-bond donors (Lipinski definition) is 1. The van der Waals surface area contributed by atoms with Crippen molar-refractivity contribution in [2.24, 2.45) is 0 Å². The molecular weight excluding hydrogens is 260 g/mol. The first kappa shape index (κ1) is 12.7. The number of rotatable bonds is 5. The van der Waals surface area contributed by atoms with Crippen molar-refractivity contribution >= 4 is 16.5 Å². The molecule has 0 atom stereocenters. The third-order valence-corrected chi connectivity index (χ3v) is 2.89. The highest BCUT2D eigenvalue weighted by Crippen LogP contribution is 2.21. The lowest BCUT2D eigenvalue weighted by Crippen LogP contribution is -1.97. The van der Waals surface area contributed by atoms with E-state index in [1.807, 2.05) is 6.92 Å². The Labute approximate surface area is 107 Å². The van der Waals surface area contributed by atoms with Crippen LogP contribution in [0.15, 0.2) is 18.2 Å². The van der Waals surface area contributed by atoms with Gasteiger partial charge in [0, 0.05) is 12.6 Å². The van der Waals surface area contributed by atoms with Gasteiger partial charge in [0.2, 0.25) is 5.13 Å². The maximum absolute atomic E-state index is 13.3. The van der Waals surface area contributed by atoms with Crippen molar-refractivity contribution in [2.45, 2.75) is 13.5 Å². The van der Waals surface area contributed by atoms with Gasteiger partial charge in [-0.2, -0.15) is 0 Å². The van der Waals surface area contributed by atoms with Crippen molar-refractivity contribution < 1.29 is 13.5 Å². The summed E-state index contributed by atoms with van der Waals surface area (Å²) < 4.78 is 31.2. The van der Waals surface area contributed by atoms with Crippen LogP contribution in [0.4, 0.5) is 13.9 Å². The molecule has 0 amide bonds. The molecule has 1 aromatic carbocycles. The number of hydrogen-bond acceptors (Lipinski definition) is 5. The largest absolute Gasteiger partial charge is 0.483 e. The van der Waals surface area contributed by atoms with Crippen molar-refractivity contribution in [3.63, 3.8) is 0 Å². The summed E-state index contributed by atoms with van der Waals surface area (Å²) in [7, 11) is 0. The van der Waals surface area contributed by atoms with E-state index in [1.54, 1.807) is 0 Å². The van der Waals surface area contributed by atoms with Gasteiger partial charge in [-0.05, 0) is 19.1 Å². The smallest absolute Gasteiger partial charge is 0.205 e. The second-order valence-corrected chi connectivity index (χ2v) is 4.46. The lowest BCUT2D eigenvalue weighted by Gasteiger charge is -2.04. The van der Waals surface area contributed by atoms with Crippen molar-refractivity contribution in [1.82, 2.24) is 10.2 Å². The third kappa shape index (κ3) is 3.13. The number of benzene rings is 1. The minimum Gasteiger partial charge on any atom is -0.483 e. The van der Waals surface area contributed by atoms with Gasteiger partial charge >= 0.3 is 0 Å². The summed E-state index contributed by atoms with van der Waals surface area (Å²) in [6.07, 6.45) is 0. The zero-order valence-electron chi connectivity index (χ0n) is 9.61. The lowest BCUT2D eigenvalue weighted by atomic mass is 10.3. The molecule has 0 radical (unpaired) electrons. The fourth-order valence-corrected chi connectivity index (χ4v) is 1.99. The van der Waals surface area contributed by atoms with E-state index < -0.39 is 11.6 Å². The zero-order chi connectivity index (χ0) is 13.0. The summed E-state index contributed by atoms with van der Waals surface area (Å²) in [5.74, 6) is -1.37. The van der Waals surface area contributed by atoms with Gasteiger partial charge < -0.3 is 10.1 Å². The summed E-state index contributed by atoms with van der Waals surface area (Å²) in [6.45, 7) is 2.80. The van der Waals surface area contributed by atoms with Crippen molar-refractivity contribution in [1.29, 1.82) is 0 Å². The van der Waals surface area contributed by atoms with Crippen LogP contribution in [0.25, 0.3) is 0 Å². The molecule has 0 saturated heterocycles. The maximum Gasteiger partial charge on any atom is 0.205 e. The van der Waals surface area contributed by atoms with Gasteiger partial charge in [-0.1, -0.05) is 11.3 Å². The first-order chi connectivity index (χ1) is 8.69. The molecule has 0 aliphatic carbocycles. The molecule has 1 N–H and O–H groups in total. The van der Waals surface area contributed by atoms with E-state index in [4.69, 9.17) is 4.74 Å². The Kier molecular flexibility index (Phi) is 4.03. The summed E-state index contributed by atoms with van der Waals surface area (Å²) in [5, 5.41) is 12.1. The van der Waals surface area contributed by atoms with Gasteiger partial charge in [0.25, 0.3) is 0 Å². The van der Waals surface area contributed by atoms with E-state index in [9.17, 15) is 8.78 Å². The molecule has 0 spiro atoms. The SMILES string of the molecule is CCNc1nnc(COc2ccc(F)cc2F)s1. The van der Waals surface area contributed by atoms with Crippen LogP contribution >= 0.6 is 11.3 Å². The van der Waals surface area contributed by atoms with Gasteiger partial charge in [-0.15, -0.1) is 10.2 Å². The van der Waals surface area contributed by atoms with Crippen LogP contribution in [0.2, 0.25) is 0 Å². The van der Waals surface area contributed by atoms with Crippen molar-refractivity contribution in [2.75, 3.05) is 11.9 Å². The first-order valence-corrected chi connectivity index (χ1v) is 6.14. The molecule has 0 aliphatic heterocycles. The van der Waals surface area contributed by atoms with Crippen LogP contribution in [0.3, 0.4) is 0 Å². The highest BCUT2D eigenvalue weighted by Gasteiger charge is 2.08. The van der Waals surface area contributed by atoms with E-state index in [0.717, 1.165) is 18.7 Å². The van der Waals surface area contributed by atoms with Gasteiger partial charge in [-0.25, -0.2) is 8.78 Å². The van der Waals surface area contributed by atoms with Crippen LogP contribution in [-0.4, -0.2) is 16.7 Å². The standard InChI is InChI=1S/C11H11F2N3OS/c1-2-14-11-16-15-10(18-11)6-17-9-4-3-7(12)5-8(9)13/h3-5H,2,6H2,1H3,(H,14,16). The molecule has 0 fully saturated rings. The molecule has 4 nitrogen and oxygen atoms in total. The minimum atomic E-state index is -0.730. The quantitative estimate of drug-likeness (QED) is 0.908. The monoisotopic (exact) mass is 271 g/mol. The van der Waals surface area contributed by atoms with Gasteiger partial charge in [0.1, 0.15) is 12.4 Å². The van der Waals surface area contributed by atoms with Crippen LogP contribution in [0, 0.1) is 11.6 Å². The molecular formula is C11H11F2N3OS. The average molecular weight is 271 g/mol. The highest BCUT2D eigenvalue weighted by molar-refractivity contribution is 7.15. The number of nitrogens with one attached hydrogen (secondary N) is 1. The normalized spacial score (nSPS) is 10.4. The zero-order valence-corrected chi connectivity index (χ0v) is 10.4. The molecule has 7 heteroatoms. The summed E-state index contributed by atoms with van der Waals surface area (Å²) in [6, 6.07) is 3.17. The van der Waals surface area contributed by atoms with Crippen LogP contribution in [0.5, 0.6) is 5.75 Å². The Morgan fingerprint density at radius 3 is 2.89 bits per heavy atom. The summed E-state index contributed by atoms with van der Waals surface area (Å²) in [5.41, 5.74) is 0. The minimum absolute atomic E-state index is 0.00315. The number of aromatic nitrogens is 2.